The lowest BCUT2D eigenvalue weighted by atomic mass is 9.87. The number of hydrogen-bond acceptors (Lipinski definition) is 2. The van der Waals surface area contributed by atoms with Gasteiger partial charge in [0, 0.05) is 6.61 Å². The van der Waals surface area contributed by atoms with Crippen LogP contribution < -0.4 is 0 Å². The standard InChI is InChI=1S/C14H20O2/c1-10(2)9-16-13-8-7-11-5-3-4-6-12(11)14(13)15/h3-6,10,13-15H,7-9H2,1-2H3. The summed E-state index contributed by atoms with van der Waals surface area (Å²) in [4.78, 5) is 0. The van der Waals surface area contributed by atoms with E-state index in [0.29, 0.717) is 5.92 Å². The minimum Gasteiger partial charge on any atom is -0.386 e. The minimum absolute atomic E-state index is 0.0303. The zero-order valence-corrected chi connectivity index (χ0v) is 10.0. The van der Waals surface area contributed by atoms with Gasteiger partial charge in [0.2, 0.25) is 0 Å². The molecule has 0 heterocycles. The summed E-state index contributed by atoms with van der Waals surface area (Å²) < 4.78 is 5.76. The summed E-state index contributed by atoms with van der Waals surface area (Å²) >= 11 is 0. The molecule has 0 spiro atoms. The van der Waals surface area contributed by atoms with Crippen LogP contribution in [-0.2, 0) is 11.2 Å². The topological polar surface area (TPSA) is 29.5 Å². The van der Waals surface area contributed by atoms with Crippen LogP contribution in [0.1, 0.15) is 37.5 Å². The summed E-state index contributed by atoms with van der Waals surface area (Å²) in [6.45, 7) is 4.98. The normalized spacial score (nSPS) is 24.5. The van der Waals surface area contributed by atoms with E-state index in [2.05, 4.69) is 19.9 Å². The average Bonchev–Trinajstić information content (AvgIpc) is 2.28. The van der Waals surface area contributed by atoms with Crippen LogP contribution in [0.25, 0.3) is 0 Å². The molecule has 1 aromatic rings. The lowest BCUT2D eigenvalue weighted by Crippen LogP contribution is -2.29. The second-order valence-corrected chi connectivity index (χ2v) is 4.95. The first-order valence-corrected chi connectivity index (χ1v) is 6.06. The van der Waals surface area contributed by atoms with E-state index >= 15 is 0 Å². The van der Waals surface area contributed by atoms with Gasteiger partial charge in [0.25, 0.3) is 0 Å². The van der Waals surface area contributed by atoms with Gasteiger partial charge in [0.05, 0.1) is 6.10 Å². The highest BCUT2D eigenvalue weighted by Gasteiger charge is 2.28. The maximum absolute atomic E-state index is 10.2. The van der Waals surface area contributed by atoms with Crippen molar-refractivity contribution in [2.45, 2.75) is 38.9 Å². The van der Waals surface area contributed by atoms with Gasteiger partial charge in [-0.05, 0) is 29.9 Å². The molecule has 2 nitrogen and oxygen atoms in total. The summed E-state index contributed by atoms with van der Waals surface area (Å²) in [5.41, 5.74) is 2.31. The van der Waals surface area contributed by atoms with Crippen molar-refractivity contribution < 1.29 is 9.84 Å². The maximum Gasteiger partial charge on any atom is 0.105 e. The van der Waals surface area contributed by atoms with Gasteiger partial charge in [-0.3, -0.25) is 0 Å². The van der Waals surface area contributed by atoms with Gasteiger partial charge in [0.15, 0.2) is 0 Å². The molecule has 2 rings (SSSR count). The Morgan fingerprint density at radius 1 is 1.38 bits per heavy atom. The fourth-order valence-electron chi connectivity index (χ4n) is 2.20. The molecule has 1 aliphatic rings. The SMILES string of the molecule is CC(C)COC1CCc2ccccc2C1O. The number of hydrogen-bond donors (Lipinski definition) is 1. The van der Waals surface area contributed by atoms with E-state index in [-0.39, 0.29) is 6.10 Å². The Morgan fingerprint density at radius 3 is 2.88 bits per heavy atom. The maximum atomic E-state index is 10.2. The third-order valence-corrected chi connectivity index (χ3v) is 3.07. The molecule has 0 saturated heterocycles. The largest absolute Gasteiger partial charge is 0.386 e. The predicted molar refractivity (Wildman–Crippen MR) is 64.3 cm³/mol. The monoisotopic (exact) mass is 220 g/mol. The molecule has 16 heavy (non-hydrogen) atoms. The molecule has 88 valence electrons. The average molecular weight is 220 g/mol. The minimum atomic E-state index is -0.455. The zero-order chi connectivity index (χ0) is 11.5. The van der Waals surface area contributed by atoms with Crippen molar-refractivity contribution in [2.75, 3.05) is 6.61 Å². The molecule has 0 aromatic heterocycles. The molecular formula is C14H20O2. The number of fused-ring (bicyclic) bond motifs is 1. The Morgan fingerprint density at radius 2 is 2.12 bits per heavy atom. The number of aliphatic hydroxyl groups excluding tert-OH is 1. The molecule has 1 aromatic carbocycles. The van der Waals surface area contributed by atoms with Crippen molar-refractivity contribution in [3.05, 3.63) is 35.4 Å². The molecule has 1 N–H and O–H groups in total. The molecular weight excluding hydrogens is 200 g/mol. The van der Waals surface area contributed by atoms with Crippen LogP contribution >= 0.6 is 0 Å². The third-order valence-electron chi connectivity index (χ3n) is 3.07. The van der Waals surface area contributed by atoms with E-state index in [0.717, 1.165) is 25.0 Å². The van der Waals surface area contributed by atoms with E-state index < -0.39 is 6.10 Å². The molecule has 0 amide bonds. The Bertz CT molecular complexity index is 346. The van der Waals surface area contributed by atoms with Crippen LogP contribution in [-0.4, -0.2) is 17.8 Å². The Labute approximate surface area is 97.3 Å². The van der Waals surface area contributed by atoms with Gasteiger partial charge in [-0.2, -0.15) is 0 Å². The van der Waals surface area contributed by atoms with E-state index in [1.165, 1.54) is 5.56 Å². The lowest BCUT2D eigenvalue weighted by Gasteiger charge is -2.30. The molecule has 1 aliphatic carbocycles. The first kappa shape index (κ1) is 11.6. The highest BCUT2D eigenvalue weighted by Crippen LogP contribution is 2.31. The highest BCUT2D eigenvalue weighted by atomic mass is 16.5. The van der Waals surface area contributed by atoms with Crippen molar-refractivity contribution in [1.82, 2.24) is 0 Å². The molecule has 0 saturated carbocycles. The van der Waals surface area contributed by atoms with Crippen LogP contribution in [0.3, 0.4) is 0 Å². The number of benzene rings is 1. The molecule has 0 radical (unpaired) electrons. The molecule has 2 heteroatoms. The first-order valence-electron chi connectivity index (χ1n) is 6.06. The van der Waals surface area contributed by atoms with Gasteiger partial charge in [-0.1, -0.05) is 38.1 Å². The Hall–Kier alpha value is -0.860. The number of aryl methyl sites for hydroxylation is 1. The van der Waals surface area contributed by atoms with Gasteiger partial charge in [-0.25, -0.2) is 0 Å². The summed E-state index contributed by atoms with van der Waals surface area (Å²) in [6, 6.07) is 8.11. The summed E-state index contributed by atoms with van der Waals surface area (Å²) in [5, 5.41) is 10.2. The third kappa shape index (κ3) is 2.45. The molecule has 0 aliphatic heterocycles. The van der Waals surface area contributed by atoms with E-state index in [4.69, 9.17) is 4.74 Å². The van der Waals surface area contributed by atoms with Gasteiger partial charge in [-0.15, -0.1) is 0 Å². The molecule has 2 unspecified atom stereocenters. The van der Waals surface area contributed by atoms with Crippen molar-refractivity contribution in [2.24, 2.45) is 5.92 Å². The van der Waals surface area contributed by atoms with Crippen LogP contribution in [0, 0.1) is 5.92 Å². The van der Waals surface area contributed by atoms with Crippen molar-refractivity contribution in [3.63, 3.8) is 0 Å². The quantitative estimate of drug-likeness (QED) is 0.848. The fourth-order valence-corrected chi connectivity index (χ4v) is 2.20. The first-order chi connectivity index (χ1) is 7.68. The number of ether oxygens (including phenoxy) is 1. The zero-order valence-electron chi connectivity index (χ0n) is 10.0. The van der Waals surface area contributed by atoms with Crippen molar-refractivity contribution in [3.8, 4) is 0 Å². The predicted octanol–water partition coefficient (Wildman–Crippen LogP) is 2.71. The molecule has 2 atom stereocenters. The smallest absolute Gasteiger partial charge is 0.105 e. The van der Waals surface area contributed by atoms with E-state index in [1.54, 1.807) is 0 Å². The molecule has 0 bridgehead atoms. The summed E-state index contributed by atoms with van der Waals surface area (Å²) in [7, 11) is 0. The van der Waals surface area contributed by atoms with Crippen LogP contribution in [0.15, 0.2) is 24.3 Å². The van der Waals surface area contributed by atoms with Crippen LogP contribution in [0.4, 0.5) is 0 Å². The number of rotatable bonds is 3. The Balaban J connectivity index is 2.06. The van der Waals surface area contributed by atoms with E-state index in [1.807, 2.05) is 18.2 Å². The summed E-state index contributed by atoms with van der Waals surface area (Å²) in [6.07, 6.45) is 1.45. The summed E-state index contributed by atoms with van der Waals surface area (Å²) in [5.74, 6) is 0.518. The highest BCUT2D eigenvalue weighted by molar-refractivity contribution is 5.32. The van der Waals surface area contributed by atoms with Gasteiger partial charge in [0.1, 0.15) is 6.10 Å². The molecule has 0 fully saturated rings. The van der Waals surface area contributed by atoms with Gasteiger partial charge >= 0.3 is 0 Å². The van der Waals surface area contributed by atoms with Crippen LogP contribution in [0.5, 0.6) is 0 Å². The van der Waals surface area contributed by atoms with Crippen LogP contribution in [0.2, 0.25) is 0 Å². The second-order valence-electron chi connectivity index (χ2n) is 4.95. The number of aliphatic hydroxyl groups is 1. The lowest BCUT2D eigenvalue weighted by molar-refractivity contribution is -0.0566. The van der Waals surface area contributed by atoms with Crippen molar-refractivity contribution >= 4 is 0 Å². The fraction of sp³-hybridized carbons (Fsp3) is 0.571. The Kier molecular flexibility index (Phi) is 3.62. The van der Waals surface area contributed by atoms with E-state index in [9.17, 15) is 5.11 Å². The van der Waals surface area contributed by atoms with Gasteiger partial charge < -0.3 is 9.84 Å². The van der Waals surface area contributed by atoms with Crippen molar-refractivity contribution in [1.29, 1.82) is 0 Å². The second kappa shape index (κ2) is 4.98.